The molecule has 0 unspecified atom stereocenters. The van der Waals surface area contributed by atoms with Gasteiger partial charge in [-0.1, -0.05) is 33.8 Å². The zero-order valence-electron chi connectivity index (χ0n) is 14.1. The molecule has 0 aliphatic heterocycles. The molecule has 134 valence electrons. The summed E-state index contributed by atoms with van der Waals surface area (Å²) in [7, 11) is -4.71. The summed E-state index contributed by atoms with van der Waals surface area (Å²) < 4.78 is 42.5. The second-order valence-electron chi connectivity index (χ2n) is 6.14. The van der Waals surface area contributed by atoms with Gasteiger partial charge in [0.05, 0.1) is 24.3 Å². The lowest BCUT2D eigenvalue weighted by molar-refractivity contribution is 0.0408. The molecule has 24 heavy (non-hydrogen) atoms. The number of carbonyl (C=O) groups excluding carboxylic acids is 2. The minimum absolute atomic E-state index is 0.0168. The van der Waals surface area contributed by atoms with Crippen LogP contribution >= 0.6 is 0 Å². The molecule has 1 aromatic carbocycles. The van der Waals surface area contributed by atoms with Crippen LogP contribution in [0.4, 0.5) is 0 Å². The van der Waals surface area contributed by atoms with E-state index in [0.29, 0.717) is 0 Å². The molecule has 0 bridgehead atoms. The van der Waals surface area contributed by atoms with Crippen LogP contribution in [0.25, 0.3) is 0 Å². The number of esters is 2. The van der Waals surface area contributed by atoms with Crippen LogP contribution in [0.5, 0.6) is 0 Å². The van der Waals surface area contributed by atoms with Gasteiger partial charge in [-0.05, 0) is 24.0 Å². The molecule has 7 nitrogen and oxygen atoms in total. The summed E-state index contributed by atoms with van der Waals surface area (Å²) in [6.45, 7) is 7.42. The lowest BCUT2D eigenvalue weighted by Gasteiger charge is -2.14. The van der Waals surface area contributed by atoms with Gasteiger partial charge in [0.15, 0.2) is 0 Å². The van der Waals surface area contributed by atoms with Crippen LogP contribution in [-0.4, -0.2) is 38.1 Å². The average molecular weight is 358 g/mol. The topological polar surface area (TPSA) is 107 Å². The molecule has 0 aromatic heterocycles. The van der Waals surface area contributed by atoms with Gasteiger partial charge in [-0.15, -0.1) is 0 Å². The van der Waals surface area contributed by atoms with E-state index in [1.54, 1.807) is 13.8 Å². The largest absolute Gasteiger partial charge is 0.462 e. The zero-order valence-corrected chi connectivity index (χ0v) is 14.9. The van der Waals surface area contributed by atoms with E-state index in [1.807, 2.05) is 13.8 Å². The van der Waals surface area contributed by atoms with E-state index < -0.39 is 32.5 Å². The third-order valence-corrected chi connectivity index (χ3v) is 3.72. The van der Waals surface area contributed by atoms with Gasteiger partial charge in [-0.3, -0.25) is 4.55 Å². The summed E-state index contributed by atoms with van der Waals surface area (Å²) in [5, 5.41) is 0. The van der Waals surface area contributed by atoms with Crippen LogP contribution in [0.3, 0.4) is 0 Å². The molecule has 8 heteroatoms. The van der Waals surface area contributed by atoms with E-state index in [-0.39, 0.29) is 30.6 Å². The second-order valence-corrected chi connectivity index (χ2v) is 7.53. The third kappa shape index (κ3) is 5.61. The summed E-state index contributed by atoms with van der Waals surface area (Å²) in [5.41, 5.74) is -0.783. The smallest absolute Gasteiger partial charge is 0.340 e. The quantitative estimate of drug-likeness (QED) is 0.589. The number of hydrogen-bond acceptors (Lipinski definition) is 6. The fourth-order valence-corrected chi connectivity index (χ4v) is 2.46. The number of hydrogen-bond donors (Lipinski definition) is 1. The van der Waals surface area contributed by atoms with Crippen LogP contribution < -0.4 is 0 Å². The van der Waals surface area contributed by atoms with Crippen LogP contribution in [0.1, 0.15) is 48.4 Å². The van der Waals surface area contributed by atoms with Crippen molar-refractivity contribution in [1.29, 1.82) is 0 Å². The van der Waals surface area contributed by atoms with Crippen LogP contribution in [0.15, 0.2) is 23.1 Å². The molecule has 1 N–H and O–H groups in total. The molecule has 0 heterocycles. The molecule has 1 rings (SSSR count). The van der Waals surface area contributed by atoms with Crippen molar-refractivity contribution in [1.82, 2.24) is 0 Å². The van der Waals surface area contributed by atoms with Gasteiger partial charge in [0.25, 0.3) is 10.1 Å². The molecule has 0 amide bonds. The lowest BCUT2D eigenvalue weighted by Crippen LogP contribution is -2.20. The first-order valence-electron chi connectivity index (χ1n) is 7.48. The van der Waals surface area contributed by atoms with E-state index in [1.165, 1.54) is 12.1 Å². The summed E-state index contributed by atoms with van der Waals surface area (Å²) in [4.78, 5) is 23.8. The predicted octanol–water partition coefficient (Wildman–Crippen LogP) is 2.56. The Morgan fingerprint density at radius 3 is 1.96 bits per heavy atom. The van der Waals surface area contributed by atoms with Crippen molar-refractivity contribution in [3.8, 4) is 0 Å². The van der Waals surface area contributed by atoms with Gasteiger partial charge >= 0.3 is 11.9 Å². The maximum absolute atomic E-state index is 12.3. The Morgan fingerprint density at radius 2 is 1.50 bits per heavy atom. The lowest BCUT2D eigenvalue weighted by atomic mass is 10.1. The molecule has 0 spiro atoms. The standard InChI is InChI=1S/C16H22O7S/c1-10(2)8-22-15(17)12-6-5-7-13(24(19,20)21)14(12)16(18)23-9-11(3)4/h5-7,10-11H,8-9H2,1-4H3,(H,19,20,21). The monoisotopic (exact) mass is 358 g/mol. The number of carbonyl (C=O) groups is 2. The van der Waals surface area contributed by atoms with Gasteiger partial charge in [0.2, 0.25) is 0 Å². The number of ether oxygens (including phenoxy) is 2. The first kappa shape index (κ1) is 20.1. The Hall–Kier alpha value is -1.93. The molecule has 0 saturated heterocycles. The maximum Gasteiger partial charge on any atom is 0.340 e. The maximum atomic E-state index is 12.3. The van der Waals surface area contributed by atoms with E-state index in [4.69, 9.17) is 9.47 Å². The van der Waals surface area contributed by atoms with E-state index in [2.05, 4.69) is 0 Å². The minimum atomic E-state index is -4.71. The Balaban J connectivity index is 3.33. The third-order valence-electron chi connectivity index (χ3n) is 2.82. The van der Waals surface area contributed by atoms with Crippen molar-refractivity contribution in [3.05, 3.63) is 29.3 Å². The number of rotatable bonds is 7. The molecular weight excluding hydrogens is 336 g/mol. The summed E-state index contributed by atoms with van der Waals surface area (Å²) in [5.74, 6) is -1.78. The van der Waals surface area contributed by atoms with E-state index >= 15 is 0 Å². The molecule has 0 atom stereocenters. The van der Waals surface area contributed by atoms with Crippen molar-refractivity contribution in [2.75, 3.05) is 13.2 Å². The molecule has 0 aliphatic rings. The Kier molecular flexibility index (Phi) is 6.92. The van der Waals surface area contributed by atoms with Gasteiger partial charge in [0, 0.05) is 0 Å². The Bertz CT molecular complexity index is 705. The first-order valence-corrected chi connectivity index (χ1v) is 8.92. The fraction of sp³-hybridized carbons (Fsp3) is 0.500. The molecule has 0 aliphatic carbocycles. The highest BCUT2D eigenvalue weighted by atomic mass is 32.2. The van der Waals surface area contributed by atoms with Gasteiger partial charge in [-0.25, -0.2) is 9.59 Å². The van der Waals surface area contributed by atoms with Crippen LogP contribution in [-0.2, 0) is 19.6 Å². The SMILES string of the molecule is CC(C)COC(=O)c1cccc(S(=O)(=O)O)c1C(=O)OCC(C)C. The molecule has 0 radical (unpaired) electrons. The zero-order chi connectivity index (χ0) is 18.5. The highest BCUT2D eigenvalue weighted by Gasteiger charge is 2.28. The van der Waals surface area contributed by atoms with Crippen molar-refractivity contribution in [2.24, 2.45) is 11.8 Å². The van der Waals surface area contributed by atoms with Gasteiger partial charge in [-0.2, -0.15) is 8.42 Å². The summed E-state index contributed by atoms with van der Waals surface area (Å²) in [6, 6.07) is 3.53. The van der Waals surface area contributed by atoms with Crippen LogP contribution in [0.2, 0.25) is 0 Å². The molecule has 1 aromatic rings. The minimum Gasteiger partial charge on any atom is -0.462 e. The van der Waals surface area contributed by atoms with Crippen molar-refractivity contribution >= 4 is 22.1 Å². The molecule has 0 saturated carbocycles. The highest BCUT2D eigenvalue weighted by molar-refractivity contribution is 7.86. The first-order chi connectivity index (χ1) is 11.0. The van der Waals surface area contributed by atoms with E-state index in [9.17, 15) is 22.6 Å². The predicted molar refractivity (Wildman–Crippen MR) is 86.5 cm³/mol. The van der Waals surface area contributed by atoms with Crippen molar-refractivity contribution < 1.29 is 32.0 Å². The Labute approximate surface area is 141 Å². The van der Waals surface area contributed by atoms with Crippen molar-refractivity contribution in [3.63, 3.8) is 0 Å². The average Bonchev–Trinajstić information content (AvgIpc) is 2.48. The van der Waals surface area contributed by atoms with Gasteiger partial charge in [0.1, 0.15) is 4.90 Å². The molecular formula is C16H22O7S. The normalized spacial score (nSPS) is 11.6. The second kappa shape index (κ2) is 8.25. The van der Waals surface area contributed by atoms with Crippen molar-refractivity contribution in [2.45, 2.75) is 32.6 Å². The molecule has 0 fully saturated rings. The summed E-state index contributed by atoms with van der Waals surface area (Å²) >= 11 is 0. The highest BCUT2D eigenvalue weighted by Crippen LogP contribution is 2.22. The van der Waals surface area contributed by atoms with E-state index in [0.717, 1.165) is 6.07 Å². The fourth-order valence-electron chi connectivity index (χ4n) is 1.76. The Morgan fingerprint density at radius 1 is 1.00 bits per heavy atom. The van der Waals surface area contributed by atoms with Crippen LogP contribution in [0, 0.1) is 11.8 Å². The summed E-state index contributed by atoms with van der Waals surface area (Å²) in [6.07, 6.45) is 0. The number of benzene rings is 1. The van der Waals surface area contributed by atoms with Gasteiger partial charge < -0.3 is 9.47 Å².